The van der Waals surface area contributed by atoms with Gasteiger partial charge >= 0.3 is 17.2 Å². The number of rotatable bonds is 9. The average molecular weight is 557 g/mol. The Hall–Kier alpha value is -4.37. The number of hydrogen-bond donors (Lipinski definition) is 4. The summed E-state index contributed by atoms with van der Waals surface area (Å²) in [6.07, 6.45) is -5.05. The third-order valence-electron chi connectivity index (χ3n) is 6.50. The number of methoxy groups -OCH3 is 2. The zero-order valence-electron chi connectivity index (χ0n) is 22.1. The lowest BCUT2D eigenvalue weighted by atomic mass is 10.1. The van der Waals surface area contributed by atoms with Gasteiger partial charge in [0.05, 0.1) is 38.4 Å². The molecule has 4 rings (SSSR count). The number of aromatic nitrogens is 4. The number of aliphatic hydroxyl groups excluding tert-OH is 4. The Labute approximate surface area is 226 Å². The second-order valence-corrected chi connectivity index (χ2v) is 9.04. The van der Waals surface area contributed by atoms with Crippen molar-refractivity contribution in [2.45, 2.75) is 38.7 Å². The van der Waals surface area contributed by atoms with Crippen LogP contribution in [-0.2, 0) is 6.54 Å². The summed E-state index contributed by atoms with van der Waals surface area (Å²) >= 11 is 0. The van der Waals surface area contributed by atoms with Crippen LogP contribution in [0, 0.1) is 13.8 Å². The van der Waals surface area contributed by atoms with E-state index in [1.54, 1.807) is 18.2 Å². The Morgan fingerprint density at radius 1 is 0.975 bits per heavy atom. The Balaban J connectivity index is 1.91. The van der Waals surface area contributed by atoms with Gasteiger partial charge in [-0.1, -0.05) is 10.8 Å². The molecule has 2 aliphatic heterocycles. The van der Waals surface area contributed by atoms with Gasteiger partial charge in [-0.15, -0.1) is 0 Å². The van der Waals surface area contributed by atoms with Crippen molar-refractivity contribution in [1.82, 2.24) is 19.3 Å². The molecule has 0 amide bonds. The fourth-order valence-electron chi connectivity index (χ4n) is 4.19. The molecule has 2 heterocycles. The summed E-state index contributed by atoms with van der Waals surface area (Å²) in [5.41, 5.74) is -0.637. The minimum absolute atomic E-state index is 0.0732. The number of ether oxygens (including phenoxy) is 2. The van der Waals surface area contributed by atoms with E-state index in [-0.39, 0.29) is 38.8 Å². The molecule has 40 heavy (non-hydrogen) atoms. The highest BCUT2D eigenvalue weighted by Gasteiger charge is 2.30. The lowest BCUT2D eigenvalue weighted by Crippen LogP contribution is -2.45. The molecular weight excluding hydrogens is 528 g/mol. The van der Waals surface area contributed by atoms with Gasteiger partial charge in [0.1, 0.15) is 35.4 Å². The number of hydrogen-bond acceptors (Lipinski definition) is 12. The van der Waals surface area contributed by atoms with Crippen molar-refractivity contribution in [3.63, 3.8) is 0 Å². The molecule has 3 atom stereocenters. The Kier molecular flexibility index (Phi) is 8.16. The predicted molar refractivity (Wildman–Crippen MR) is 140 cm³/mol. The minimum atomic E-state index is -1.76. The highest BCUT2D eigenvalue weighted by Crippen LogP contribution is 2.28. The summed E-state index contributed by atoms with van der Waals surface area (Å²) in [7, 11) is 2.63. The molecular formula is C26H28N4O10. The molecule has 0 radical (unpaired) electrons. The van der Waals surface area contributed by atoms with Crippen molar-refractivity contribution in [3.8, 4) is 23.0 Å². The smallest absolute Gasteiger partial charge is 0.386 e. The minimum Gasteiger partial charge on any atom is -0.496 e. The number of fused-ring (bicyclic) bond motifs is 2. The van der Waals surface area contributed by atoms with E-state index in [9.17, 15) is 29.7 Å². The van der Waals surface area contributed by atoms with Crippen molar-refractivity contribution in [2.75, 3.05) is 20.8 Å². The molecule has 14 heteroatoms. The molecule has 2 aromatic rings. The van der Waals surface area contributed by atoms with E-state index >= 15 is 0 Å². The molecule has 0 saturated carbocycles. The SMILES string of the molecule is COc1cccc(OC)c1C(=O)On1c(=O)nc2n(CC(O)C(O)C(O)CO)c3cc(C)c(C)cc3nc-2c1=O. The lowest BCUT2D eigenvalue weighted by Gasteiger charge is -2.25. The van der Waals surface area contributed by atoms with E-state index in [0.29, 0.717) is 5.52 Å². The molecule has 0 saturated heterocycles. The first-order chi connectivity index (χ1) is 19.0. The molecule has 0 spiro atoms. The standard InChI is InChI=1S/C26H28N4O10/c1-12-8-14-15(9-13(12)2)29(10-16(32)22(34)17(33)11-31)23-21(27-14)24(35)30(26(37)28-23)40-25(36)20-18(38-3)6-5-7-19(20)39-4/h5-9,16-17,22,31-34H,10-11H2,1-4H3. The Morgan fingerprint density at radius 3 is 2.20 bits per heavy atom. The van der Waals surface area contributed by atoms with Gasteiger partial charge in [0.25, 0.3) is 0 Å². The quantitative estimate of drug-likeness (QED) is 0.185. The monoisotopic (exact) mass is 556 g/mol. The zero-order chi connectivity index (χ0) is 29.3. The highest BCUT2D eigenvalue weighted by atomic mass is 16.7. The van der Waals surface area contributed by atoms with Crippen molar-refractivity contribution in [1.29, 1.82) is 0 Å². The van der Waals surface area contributed by atoms with Crippen LogP contribution in [0.1, 0.15) is 21.5 Å². The van der Waals surface area contributed by atoms with E-state index in [1.807, 2.05) is 13.8 Å². The molecule has 2 aromatic carbocycles. The van der Waals surface area contributed by atoms with Gasteiger partial charge in [0.2, 0.25) is 0 Å². The van der Waals surface area contributed by atoms with Crippen LogP contribution in [0.2, 0.25) is 0 Å². The Bertz CT molecular complexity index is 1640. The Morgan fingerprint density at radius 2 is 1.60 bits per heavy atom. The number of benzene rings is 2. The summed E-state index contributed by atoms with van der Waals surface area (Å²) in [5, 5.41) is 39.8. The molecule has 3 unspecified atom stereocenters. The summed E-state index contributed by atoms with van der Waals surface area (Å²) in [5.74, 6) is -1.25. The first kappa shape index (κ1) is 28.6. The predicted octanol–water partition coefficient (Wildman–Crippen LogP) is -0.964. The van der Waals surface area contributed by atoms with E-state index in [1.165, 1.54) is 30.9 Å². The molecule has 4 N–H and O–H groups in total. The molecule has 0 fully saturated rings. The summed E-state index contributed by atoms with van der Waals surface area (Å²) in [4.78, 5) is 52.9. The van der Waals surface area contributed by atoms with Crippen LogP contribution in [0.4, 0.5) is 0 Å². The third kappa shape index (κ3) is 5.12. The van der Waals surface area contributed by atoms with Gasteiger partial charge in [-0.25, -0.2) is 14.6 Å². The number of carbonyl (C=O) groups excluding carboxylic acids is 1. The first-order valence-electron chi connectivity index (χ1n) is 12.1. The van der Waals surface area contributed by atoms with Crippen LogP contribution >= 0.6 is 0 Å². The number of nitrogens with zero attached hydrogens (tertiary/aromatic N) is 4. The fraction of sp³-hybridized carbons (Fsp3) is 0.346. The maximum absolute atomic E-state index is 13.5. The normalized spacial score (nSPS) is 13.7. The maximum atomic E-state index is 13.5. The second kappa shape index (κ2) is 11.4. The van der Waals surface area contributed by atoms with Crippen molar-refractivity contribution in [3.05, 3.63) is 67.9 Å². The van der Waals surface area contributed by atoms with Crippen LogP contribution in [0.15, 0.2) is 39.9 Å². The topological polar surface area (TPSA) is 195 Å². The van der Waals surface area contributed by atoms with Crippen LogP contribution in [0.25, 0.3) is 22.6 Å². The van der Waals surface area contributed by atoms with Crippen LogP contribution in [0.3, 0.4) is 0 Å². The van der Waals surface area contributed by atoms with Gasteiger partial charge in [-0.05, 0) is 49.2 Å². The fourth-order valence-corrected chi connectivity index (χ4v) is 4.19. The lowest BCUT2D eigenvalue weighted by molar-refractivity contribution is -0.0802. The van der Waals surface area contributed by atoms with Crippen molar-refractivity contribution < 1.29 is 39.5 Å². The average Bonchev–Trinajstić information content (AvgIpc) is 2.95. The number of aliphatic hydroxyl groups is 4. The van der Waals surface area contributed by atoms with E-state index in [2.05, 4.69) is 9.97 Å². The zero-order valence-corrected chi connectivity index (χ0v) is 22.1. The number of carbonyl (C=O) groups is 1. The van der Waals surface area contributed by atoms with E-state index in [0.717, 1.165) is 11.1 Å². The molecule has 14 nitrogen and oxygen atoms in total. The van der Waals surface area contributed by atoms with Gasteiger partial charge in [0.15, 0.2) is 11.5 Å². The van der Waals surface area contributed by atoms with Crippen LogP contribution in [0.5, 0.6) is 11.5 Å². The maximum Gasteiger partial charge on any atom is 0.386 e. The van der Waals surface area contributed by atoms with Crippen LogP contribution in [-0.4, -0.2) is 84.8 Å². The van der Waals surface area contributed by atoms with Gasteiger partial charge < -0.3 is 39.3 Å². The first-order valence-corrected chi connectivity index (χ1v) is 12.1. The molecule has 0 aliphatic carbocycles. The second-order valence-electron chi connectivity index (χ2n) is 9.04. The van der Waals surface area contributed by atoms with Gasteiger partial charge in [-0.2, -0.15) is 4.98 Å². The van der Waals surface area contributed by atoms with E-state index < -0.39 is 48.7 Å². The van der Waals surface area contributed by atoms with Gasteiger partial charge in [-0.3, -0.25) is 4.79 Å². The van der Waals surface area contributed by atoms with Gasteiger partial charge in [0, 0.05) is 0 Å². The number of aryl methyl sites for hydroxylation is 2. The highest BCUT2D eigenvalue weighted by molar-refractivity contribution is 5.96. The van der Waals surface area contributed by atoms with Crippen LogP contribution < -0.4 is 25.6 Å². The summed E-state index contributed by atoms with van der Waals surface area (Å²) in [6.45, 7) is 2.39. The summed E-state index contributed by atoms with van der Waals surface area (Å²) in [6, 6.07) is 7.87. The largest absolute Gasteiger partial charge is 0.496 e. The summed E-state index contributed by atoms with van der Waals surface area (Å²) < 4.78 is 11.8. The van der Waals surface area contributed by atoms with Crippen molar-refractivity contribution in [2.24, 2.45) is 0 Å². The third-order valence-corrected chi connectivity index (χ3v) is 6.50. The molecule has 212 valence electrons. The molecule has 0 bridgehead atoms. The molecule has 2 aliphatic rings. The van der Waals surface area contributed by atoms with Crippen molar-refractivity contribution >= 4 is 17.0 Å². The van der Waals surface area contributed by atoms with E-state index in [4.69, 9.17) is 19.4 Å². The molecule has 0 aromatic heterocycles.